The SMILES string of the molecule is c1ccc(-c2cccc(N(c3ccc(-c4cccc5c4oc4ccc6ccccc6c45)cc3)c3ccc(-c4cccc5c4oc4ccc6ccccc6c45)cc3)c2)cc1. The van der Waals surface area contributed by atoms with E-state index in [0.717, 1.165) is 88.8 Å². The summed E-state index contributed by atoms with van der Waals surface area (Å²) in [6.07, 6.45) is 0. The molecule has 0 aliphatic rings. The Morgan fingerprint density at radius 1 is 0.288 bits per heavy atom. The van der Waals surface area contributed by atoms with Gasteiger partial charge in [-0.1, -0.05) is 164 Å². The van der Waals surface area contributed by atoms with Crippen LogP contribution >= 0.6 is 0 Å². The van der Waals surface area contributed by atoms with Gasteiger partial charge in [-0.3, -0.25) is 0 Å². The molecular weight excluding hydrogens is 719 g/mol. The van der Waals surface area contributed by atoms with Crippen LogP contribution in [0.15, 0.2) is 221 Å². The molecule has 2 aromatic heterocycles. The number of rotatable bonds is 6. The molecule has 12 aromatic rings. The van der Waals surface area contributed by atoms with Crippen LogP contribution in [0.2, 0.25) is 0 Å². The van der Waals surface area contributed by atoms with Crippen LogP contribution in [0.3, 0.4) is 0 Å². The van der Waals surface area contributed by atoms with E-state index in [-0.39, 0.29) is 0 Å². The monoisotopic (exact) mass is 753 g/mol. The van der Waals surface area contributed by atoms with E-state index < -0.39 is 0 Å². The van der Waals surface area contributed by atoms with Crippen LogP contribution in [0.4, 0.5) is 17.1 Å². The van der Waals surface area contributed by atoms with E-state index in [2.05, 4.69) is 217 Å². The summed E-state index contributed by atoms with van der Waals surface area (Å²) in [5.41, 5.74) is 13.5. The Balaban J connectivity index is 0.965. The van der Waals surface area contributed by atoms with Gasteiger partial charge in [-0.05, 0) is 92.3 Å². The molecule has 0 aliphatic carbocycles. The molecule has 0 radical (unpaired) electrons. The van der Waals surface area contributed by atoms with Crippen molar-refractivity contribution in [3.8, 4) is 33.4 Å². The lowest BCUT2D eigenvalue weighted by Gasteiger charge is -2.26. The van der Waals surface area contributed by atoms with E-state index in [1.807, 2.05) is 0 Å². The zero-order valence-corrected chi connectivity index (χ0v) is 32.0. The third kappa shape index (κ3) is 5.44. The third-order valence-corrected chi connectivity index (χ3v) is 11.9. The van der Waals surface area contributed by atoms with Gasteiger partial charge in [0.1, 0.15) is 22.3 Å². The first kappa shape index (κ1) is 33.3. The minimum Gasteiger partial charge on any atom is -0.455 e. The molecule has 276 valence electrons. The third-order valence-electron chi connectivity index (χ3n) is 11.9. The molecule has 0 aliphatic heterocycles. The molecule has 0 bridgehead atoms. The Morgan fingerprint density at radius 2 is 0.746 bits per heavy atom. The van der Waals surface area contributed by atoms with Gasteiger partial charge in [-0.2, -0.15) is 0 Å². The molecule has 59 heavy (non-hydrogen) atoms. The predicted molar refractivity (Wildman–Crippen MR) is 247 cm³/mol. The molecule has 3 heteroatoms. The van der Waals surface area contributed by atoms with Gasteiger partial charge >= 0.3 is 0 Å². The fourth-order valence-corrected chi connectivity index (χ4v) is 9.07. The van der Waals surface area contributed by atoms with Crippen molar-refractivity contribution in [3.05, 3.63) is 212 Å². The average Bonchev–Trinajstić information content (AvgIpc) is 3.90. The molecule has 0 saturated carbocycles. The molecule has 12 rings (SSSR count). The van der Waals surface area contributed by atoms with Crippen molar-refractivity contribution in [3.63, 3.8) is 0 Å². The lowest BCUT2D eigenvalue weighted by atomic mass is 9.99. The average molecular weight is 754 g/mol. The quantitative estimate of drug-likeness (QED) is 0.169. The number of para-hydroxylation sites is 2. The molecule has 0 fully saturated rings. The molecule has 0 atom stereocenters. The highest BCUT2D eigenvalue weighted by molar-refractivity contribution is 6.22. The number of furan rings is 2. The molecule has 10 aromatic carbocycles. The molecule has 0 unspecified atom stereocenters. The van der Waals surface area contributed by atoms with Gasteiger partial charge in [0.15, 0.2) is 0 Å². The van der Waals surface area contributed by atoms with Crippen LogP contribution in [0, 0.1) is 0 Å². The van der Waals surface area contributed by atoms with Gasteiger partial charge in [0, 0.05) is 49.7 Å². The maximum Gasteiger partial charge on any atom is 0.143 e. The van der Waals surface area contributed by atoms with Gasteiger partial charge in [0.05, 0.1) is 0 Å². The maximum atomic E-state index is 6.61. The van der Waals surface area contributed by atoms with Crippen LogP contribution in [-0.4, -0.2) is 0 Å². The van der Waals surface area contributed by atoms with Gasteiger partial charge in [-0.25, -0.2) is 0 Å². The van der Waals surface area contributed by atoms with Gasteiger partial charge in [0.25, 0.3) is 0 Å². The van der Waals surface area contributed by atoms with Crippen molar-refractivity contribution in [2.75, 3.05) is 4.90 Å². The normalized spacial score (nSPS) is 11.7. The first-order valence-corrected chi connectivity index (χ1v) is 20.1. The number of hydrogen-bond acceptors (Lipinski definition) is 3. The van der Waals surface area contributed by atoms with Crippen molar-refractivity contribution < 1.29 is 8.83 Å². The molecule has 0 saturated heterocycles. The highest BCUT2D eigenvalue weighted by atomic mass is 16.3. The number of fused-ring (bicyclic) bond motifs is 10. The molecule has 0 amide bonds. The zero-order valence-electron chi connectivity index (χ0n) is 32.0. The number of nitrogens with zero attached hydrogens (tertiary/aromatic N) is 1. The van der Waals surface area contributed by atoms with Crippen molar-refractivity contribution >= 4 is 82.5 Å². The summed E-state index contributed by atoms with van der Waals surface area (Å²) in [6, 6.07) is 75.5. The Kier molecular flexibility index (Phi) is 7.54. The Bertz CT molecular complexity index is 3340. The lowest BCUT2D eigenvalue weighted by Crippen LogP contribution is -2.10. The Hall–Kier alpha value is -7.88. The fourth-order valence-electron chi connectivity index (χ4n) is 9.07. The van der Waals surface area contributed by atoms with Crippen molar-refractivity contribution in [2.24, 2.45) is 0 Å². The highest BCUT2D eigenvalue weighted by Crippen LogP contribution is 2.43. The van der Waals surface area contributed by atoms with Crippen LogP contribution in [-0.2, 0) is 0 Å². The Labute approximate surface area is 340 Å². The largest absolute Gasteiger partial charge is 0.455 e. The van der Waals surface area contributed by atoms with E-state index in [1.165, 1.54) is 27.1 Å². The second kappa shape index (κ2) is 13.4. The first-order valence-electron chi connectivity index (χ1n) is 20.1. The highest BCUT2D eigenvalue weighted by Gasteiger charge is 2.19. The summed E-state index contributed by atoms with van der Waals surface area (Å²) in [7, 11) is 0. The zero-order chi connectivity index (χ0) is 38.9. The first-order chi connectivity index (χ1) is 29.2. The second-order valence-corrected chi connectivity index (χ2v) is 15.2. The summed E-state index contributed by atoms with van der Waals surface area (Å²) in [5.74, 6) is 0. The lowest BCUT2D eigenvalue weighted by molar-refractivity contribution is 0.670. The summed E-state index contributed by atoms with van der Waals surface area (Å²) in [5, 5.41) is 9.42. The van der Waals surface area contributed by atoms with E-state index in [0.29, 0.717) is 0 Å². The van der Waals surface area contributed by atoms with Crippen molar-refractivity contribution in [1.82, 2.24) is 0 Å². The van der Waals surface area contributed by atoms with Crippen LogP contribution in [0.1, 0.15) is 0 Å². The fraction of sp³-hybridized carbons (Fsp3) is 0. The van der Waals surface area contributed by atoms with Gasteiger partial charge in [-0.15, -0.1) is 0 Å². The van der Waals surface area contributed by atoms with Crippen LogP contribution in [0.5, 0.6) is 0 Å². The minimum atomic E-state index is 0.903. The topological polar surface area (TPSA) is 29.5 Å². The van der Waals surface area contributed by atoms with E-state index in [9.17, 15) is 0 Å². The van der Waals surface area contributed by atoms with Crippen molar-refractivity contribution in [2.45, 2.75) is 0 Å². The summed E-state index contributed by atoms with van der Waals surface area (Å²) < 4.78 is 13.2. The molecular formula is C56H35NO2. The van der Waals surface area contributed by atoms with Crippen LogP contribution < -0.4 is 4.90 Å². The minimum absolute atomic E-state index is 0.903. The van der Waals surface area contributed by atoms with Gasteiger partial charge in [0.2, 0.25) is 0 Å². The van der Waals surface area contributed by atoms with Crippen LogP contribution in [0.25, 0.3) is 98.8 Å². The smallest absolute Gasteiger partial charge is 0.143 e. The second-order valence-electron chi connectivity index (χ2n) is 15.2. The number of anilines is 3. The van der Waals surface area contributed by atoms with E-state index >= 15 is 0 Å². The summed E-state index contributed by atoms with van der Waals surface area (Å²) in [4.78, 5) is 2.34. The van der Waals surface area contributed by atoms with E-state index in [1.54, 1.807) is 0 Å². The maximum absolute atomic E-state index is 6.61. The number of hydrogen-bond donors (Lipinski definition) is 0. The standard InChI is InChI=1S/C56H35NO2/c1-2-11-36(12-3-1)41-15-8-16-44(35-41)57(42-29-23-39(24-30-42)47-19-9-21-49-53-45-17-6-4-13-37(45)27-33-51(53)58-55(47)49)43-31-25-40(26-32-43)48-20-10-22-50-54-46-18-7-5-14-38(46)28-34-52(54)59-56(48)50/h1-35H. The van der Waals surface area contributed by atoms with Crippen molar-refractivity contribution in [1.29, 1.82) is 0 Å². The summed E-state index contributed by atoms with van der Waals surface area (Å²) >= 11 is 0. The number of benzene rings is 10. The molecule has 0 N–H and O–H groups in total. The molecule has 2 heterocycles. The predicted octanol–water partition coefficient (Wildman–Crippen LogP) is 16.3. The van der Waals surface area contributed by atoms with E-state index in [4.69, 9.17) is 8.83 Å². The van der Waals surface area contributed by atoms with Gasteiger partial charge < -0.3 is 13.7 Å². The Morgan fingerprint density at radius 3 is 1.29 bits per heavy atom. The summed E-state index contributed by atoms with van der Waals surface area (Å²) in [6.45, 7) is 0. The molecule has 0 spiro atoms. The molecule has 3 nitrogen and oxygen atoms in total.